The van der Waals surface area contributed by atoms with E-state index >= 15 is 0 Å². The van der Waals surface area contributed by atoms with Gasteiger partial charge in [0, 0.05) is 11.8 Å². The Morgan fingerprint density at radius 1 is 1.55 bits per heavy atom. The van der Waals surface area contributed by atoms with Gasteiger partial charge in [-0.1, -0.05) is 16.8 Å². The number of nitrogens with one attached hydrogen (secondary N) is 1. The average molecular weight is 296 g/mol. The average Bonchev–Trinajstić information content (AvgIpc) is 2.90. The molecule has 1 heterocycles. The van der Waals surface area contributed by atoms with Gasteiger partial charge >= 0.3 is 5.97 Å². The number of aromatic nitrogens is 1. The lowest BCUT2D eigenvalue weighted by molar-refractivity contribution is 0.0527. The molecule has 0 aliphatic rings. The molecule has 0 saturated heterocycles. The molecule has 0 bridgehead atoms. The first-order chi connectivity index (χ1) is 9.61. The molecule has 0 saturated carbocycles. The van der Waals surface area contributed by atoms with Crippen molar-refractivity contribution in [2.24, 2.45) is 0 Å². The number of nitrogens with two attached hydrogens (primary N) is 1. The van der Waals surface area contributed by atoms with Gasteiger partial charge in [0.1, 0.15) is 12.0 Å². The minimum Gasteiger partial charge on any atom is -0.462 e. The summed E-state index contributed by atoms with van der Waals surface area (Å²) in [5.74, 6) is -0.482. The van der Waals surface area contributed by atoms with E-state index in [1.807, 2.05) is 0 Å². The summed E-state index contributed by atoms with van der Waals surface area (Å²) in [6.07, 6.45) is 1.47. The summed E-state index contributed by atoms with van der Waals surface area (Å²) in [6, 6.07) is 4.80. The van der Waals surface area contributed by atoms with Gasteiger partial charge < -0.3 is 20.3 Å². The van der Waals surface area contributed by atoms with Crippen LogP contribution in [-0.2, 0) is 11.3 Å². The van der Waals surface area contributed by atoms with E-state index in [1.54, 1.807) is 19.1 Å². The van der Waals surface area contributed by atoms with Crippen LogP contribution in [0.4, 0.5) is 11.4 Å². The van der Waals surface area contributed by atoms with Crippen LogP contribution >= 0.6 is 11.6 Å². The van der Waals surface area contributed by atoms with Gasteiger partial charge in [0.15, 0.2) is 0 Å². The van der Waals surface area contributed by atoms with Crippen LogP contribution in [0.1, 0.15) is 23.0 Å². The summed E-state index contributed by atoms with van der Waals surface area (Å²) in [5, 5.41) is 7.15. The number of benzene rings is 1. The number of hydrogen-bond acceptors (Lipinski definition) is 6. The minimum atomic E-state index is -0.482. The second-order valence-electron chi connectivity index (χ2n) is 3.99. The van der Waals surface area contributed by atoms with Crippen LogP contribution in [0.2, 0.25) is 5.02 Å². The van der Waals surface area contributed by atoms with Crippen molar-refractivity contribution in [3.05, 3.63) is 40.7 Å². The zero-order valence-corrected chi connectivity index (χ0v) is 11.6. The number of ether oxygens (including phenoxy) is 1. The van der Waals surface area contributed by atoms with Gasteiger partial charge in [-0.05, 0) is 19.1 Å². The van der Waals surface area contributed by atoms with Crippen molar-refractivity contribution in [1.29, 1.82) is 0 Å². The van der Waals surface area contributed by atoms with E-state index in [1.165, 1.54) is 12.3 Å². The van der Waals surface area contributed by atoms with Gasteiger partial charge in [-0.15, -0.1) is 0 Å². The number of nitrogen functional groups attached to an aromatic ring is 1. The van der Waals surface area contributed by atoms with Gasteiger partial charge in [-0.2, -0.15) is 0 Å². The lowest BCUT2D eigenvalue weighted by Crippen LogP contribution is -2.11. The topological polar surface area (TPSA) is 90.4 Å². The Morgan fingerprint density at radius 3 is 3.00 bits per heavy atom. The summed E-state index contributed by atoms with van der Waals surface area (Å²) in [4.78, 5) is 11.9. The Bertz CT molecular complexity index is 599. The molecule has 20 heavy (non-hydrogen) atoms. The van der Waals surface area contributed by atoms with Gasteiger partial charge in [-0.25, -0.2) is 4.79 Å². The first-order valence-electron chi connectivity index (χ1n) is 6.01. The molecular weight excluding hydrogens is 282 g/mol. The monoisotopic (exact) mass is 295 g/mol. The fourth-order valence-electron chi connectivity index (χ4n) is 1.68. The van der Waals surface area contributed by atoms with Gasteiger partial charge in [0.05, 0.1) is 29.4 Å². The molecule has 0 radical (unpaired) electrons. The zero-order valence-electron chi connectivity index (χ0n) is 10.9. The molecule has 0 amide bonds. The molecule has 2 rings (SSSR count). The van der Waals surface area contributed by atoms with Crippen molar-refractivity contribution in [3.63, 3.8) is 0 Å². The van der Waals surface area contributed by atoms with Crippen molar-refractivity contribution in [3.8, 4) is 0 Å². The summed E-state index contributed by atoms with van der Waals surface area (Å²) in [7, 11) is 0. The number of hydrogen-bond donors (Lipinski definition) is 2. The van der Waals surface area contributed by atoms with Crippen LogP contribution in [0, 0.1) is 0 Å². The lowest BCUT2D eigenvalue weighted by atomic mass is 10.1. The first kappa shape index (κ1) is 14.2. The molecule has 7 heteroatoms. The quantitative estimate of drug-likeness (QED) is 0.651. The molecule has 1 aromatic carbocycles. The van der Waals surface area contributed by atoms with Crippen molar-refractivity contribution < 1.29 is 14.1 Å². The van der Waals surface area contributed by atoms with E-state index in [9.17, 15) is 4.79 Å². The molecule has 0 atom stereocenters. The smallest absolute Gasteiger partial charge is 0.340 e. The highest BCUT2D eigenvalue weighted by atomic mass is 35.5. The summed E-state index contributed by atoms with van der Waals surface area (Å²) < 4.78 is 9.72. The Kier molecular flexibility index (Phi) is 4.47. The second kappa shape index (κ2) is 6.29. The third kappa shape index (κ3) is 3.21. The number of anilines is 2. The van der Waals surface area contributed by atoms with Crippen LogP contribution in [0.15, 0.2) is 29.0 Å². The second-order valence-corrected chi connectivity index (χ2v) is 4.40. The zero-order chi connectivity index (χ0) is 14.5. The van der Waals surface area contributed by atoms with Crippen LogP contribution < -0.4 is 11.1 Å². The van der Waals surface area contributed by atoms with Crippen molar-refractivity contribution in [2.75, 3.05) is 17.7 Å². The van der Waals surface area contributed by atoms with Gasteiger partial charge in [0.25, 0.3) is 0 Å². The SMILES string of the molecule is CCOC(=O)c1cc(N)cc(Cl)c1NCc1ccon1. The highest BCUT2D eigenvalue weighted by molar-refractivity contribution is 6.34. The maximum Gasteiger partial charge on any atom is 0.340 e. The van der Waals surface area contributed by atoms with Gasteiger partial charge in [0.2, 0.25) is 0 Å². The van der Waals surface area contributed by atoms with Crippen LogP contribution in [0.25, 0.3) is 0 Å². The predicted octanol–water partition coefficient (Wildman–Crippen LogP) is 2.70. The number of rotatable bonds is 5. The standard InChI is InChI=1S/C13H14ClN3O3/c1-2-19-13(18)10-5-8(15)6-11(14)12(10)16-7-9-3-4-20-17-9/h3-6,16H,2,7,15H2,1H3. The Balaban J connectivity index is 2.27. The number of nitrogens with zero attached hydrogens (tertiary/aromatic N) is 1. The van der Waals surface area contributed by atoms with E-state index in [0.717, 1.165) is 0 Å². The van der Waals surface area contributed by atoms with E-state index in [4.69, 9.17) is 26.6 Å². The lowest BCUT2D eigenvalue weighted by Gasteiger charge is -2.13. The molecule has 0 spiro atoms. The van der Waals surface area contributed by atoms with Crippen LogP contribution in [-0.4, -0.2) is 17.7 Å². The van der Waals surface area contributed by atoms with Crippen molar-refractivity contribution >= 4 is 28.9 Å². The number of halogens is 1. The third-order valence-electron chi connectivity index (χ3n) is 2.55. The Labute approximate surface area is 120 Å². The number of carbonyl (C=O) groups is 1. The molecule has 0 fully saturated rings. The molecule has 6 nitrogen and oxygen atoms in total. The Morgan fingerprint density at radius 2 is 2.35 bits per heavy atom. The van der Waals surface area contributed by atoms with Crippen molar-refractivity contribution in [1.82, 2.24) is 5.16 Å². The van der Waals surface area contributed by atoms with Gasteiger partial charge in [-0.3, -0.25) is 0 Å². The fourth-order valence-corrected chi connectivity index (χ4v) is 1.98. The Hall–Kier alpha value is -2.21. The molecule has 0 unspecified atom stereocenters. The summed E-state index contributed by atoms with van der Waals surface area (Å²) in [6.45, 7) is 2.37. The van der Waals surface area contributed by atoms with E-state index in [-0.39, 0.29) is 6.61 Å². The molecular formula is C13H14ClN3O3. The van der Waals surface area contributed by atoms with E-state index in [2.05, 4.69) is 10.5 Å². The normalized spacial score (nSPS) is 10.3. The molecule has 106 valence electrons. The first-order valence-corrected chi connectivity index (χ1v) is 6.39. The number of esters is 1. The highest BCUT2D eigenvalue weighted by Gasteiger charge is 2.17. The summed E-state index contributed by atoms with van der Waals surface area (Å²) >= 11 is 6.12. The highest BCUT2D eigenvalue weighted by Crippen LogP contribution is 2.30. The van der Waals surface area contributed by atoms with E-state index < -0.39 is 5.97 Å². The maximum atomic E-state index is 11.9. The summed E-state index contributed by atoms with van der Waals surface area (Å²) in [5.41, 5.74) is 7.54. The molecule has 0 aliphatic heterocycles. The fraction of sp³-hybridized carbons (Fsp3) is 0.231. The number of carbonyl (C=O) groups excluding carboxylic acids is 1. The van der Waals surface area contributed by atoms with Crippen LogP contribution in [0.3, 0.4) is 0 Å². The van der Waals surface area contributed by atoms with Crippen molar-refractivity contribution in [2.45, 2.75) is 13.5 Å². The largest absolute Gasteiger partial charge is 0.462 e. The molecule has 0 aliphatic carbocycles. The van der Waals surface area contributed by atoms with Crippen LogP contribution in [0.5, 0.6) is 0 Å². The third-order valence-corrected chi connectivity index (χ3v) is 2.84. The molecule has 3 N–H and O–H groups in total. The molecule has 2 aromatic rings. The molecule has 1 aromatic heterocycles. The minimum absolute atomic E-state index is 0.272. The predicted molar refractivity (Wildman–Crippen MR) is 75.7 cm³/mol. The van der Waals surface area contributed by atoms with E-state index in [0.29, 0.717) is 34.2 Å². The maximum absolute atomic E-state index is 11.9.